The van der Waals surface area contributed by atoms with Gasteiger partial charge in [-0.25, -0.2) is 4.98 Å². The van der Waals surface area contributed by atoms with Crippen LogP contribution >= 0.6 is 15.9 Å². The van der Waals surface area contributed by atoms with Crippen molar-refractivity contribution in [1.29, 1.82) is 0 Å². The Balaban J connectivity index is 2.20. The number of rotatable bonds is 5. The maximum Gasteiger partial charge on any atom is 0.238 e. The molecule has 0 spiro atoms. The Bertz CT molecular complexity index is 602. The lowest BCUT2D eigenvalue weighted by Gasteiger charge is -2.10. The summed E-state index contributed by atoms with van der Waals surface area (Å²) < 4.78 is 6.56. The molecule has 0 atom stereocenters. The predicted molar refractivity (Wildman–Crippen MR) is 84.5 cm³/mol. The number of hydrogen-bond acceptors (Lipinski definition) is 4. The van der Waals surface area contributed by atoms with Crippen molar-refractivity contribution in [3.05, 3.63) is 40.0 Å². The SMILES string of the molecule is CCCNc1ncc(Br)c(Oc2ccc(C)c(C)c2)n1. The molecule has 106 valence electrons. The van der Waals surface area contributed by atoms with E-state index in [0.717, 1.165) is 23.2 Å². The average molecular weight is 336 g/mol. The molecule has 0 bridgehead atoms. The molecule has 0 aliphatic heterocycles. The van der Waals surface area contributed by atoms with Crippen LogP contribution in [0.15, 0.2) is 28.9 Å². The maximum absolute atomic E-state index is 5.83. The molecule has 1 heterocycles. The molecule has 0 amide bonds. The molecule has 0 aliphatic carbocycles. The molecule has 1 aromatic heterocycles. The van der Waals surface area contributed by atoms with E-state index < -0.39 is 0 Å². The predicted octanol–water partition coefficient (Wildman–Crippen LogP) is 4.47. The van der Waals surface area contributed by atoms with Crippen LogP contribution in [0, 0.1) is 13.8 Å². The van der Waals surface area contributed by atoms with Gasteiger partial charge in [-0.05, 0) is 59.5 Å². The van der Waals surface area contributed by atoms with Gasteiger partial charge in [-0.15, -0.1) is 0 Å². The van der Waals surface area contributed by atoms with Gasteiger partial charge in [0.05, 0.1) is 10.7 Å². The lowest BCUT2D eigenvalue weighted by molar-refractivity contribution is 0.458. The Kier molecular flexibility index (Phi) is 4.95. The van der Waals surface area contributed by atoms with Crippen molar-refractivity contribution in [3.8, 4) is 11.6 Å². The van der Waals surface area contributed by atoms with E-state index in [0.29, 0.717) is 11.8 Å². The van der Waals surface area contributed by atoms with Crippen molar-refractivity contribution >= 4 is 21.9 Å². The second-order valence-corrected chi connectivity index (χ2v) is 5.48. The van der Waals surface area contributed by atoms with Crippen LogP contribution in [0.3, 0.4) is 0 Å². The largest absolute Gasteiger partial charge is 0.438 e. The number of nitrogens with one attached hydrogen (secondary N) is 1. The third-order valence-electron chi connectivity index (χ3n) is 2.94. The van der Waals surface area contributed by atoms with Crippen LogP contribution in [0.5, 0.6) is 11.6 Å². The number of nitrogens with zero attached hydrogens (tertiary/aromatic N) is 2. The molecule has 0 unspecified atom stereocenters. The van der Waals surface area contributed by atoms with Crippen LogP contribution in [-0.4, -0.2) is 16.5 Å². The van der Waals surface area contributed by atoms with Crippen molar-refractivity contribution in [1.82, 2.24) is 9.97 Å². The first-order chi connectivity index (χ1) is 9.60. The molecule has 0 radical (unpaired) electrons. The average Bonchev–Trinajstić information content (AvgIpc) is 2.44. The highest BCUT2D eigenvalue weighted by molar-refractivity contribution is 9.10. The van der Waals surface area contributed by atoms with Crippen LogP contribution in [-0.2, 0) is 0 Å². The number of hydrogen-bond donors (Lipinski definition) is 1. The van der Waals surface area contributed by atoms with Gasteiger partial charge in [0, 0.05) is 6.54 Å². The van der Waals surface area contributed by atoms with Gasteiger partial charge < -0.3 is 10.1 Å². The summed E-state index contributed by atoms with van der Waals surface area (Å²) in [6.07, 6.45) is 2.72. The van der Waals surface area contributed by atoms with E-state index in [1.54, 1.807) is 6.20 Å². The fourth-order valence-corrected chi connectivity index (χ4v) is 1.91. The Labute approximate surface area is 127 Å². The molecule has 0 fully saturated rings. The smallest absolute Gasteiger partial charge is 0.238 e. The van der Waals surface area contributed by atoms with Gasteiger partial charge in [-0.1, -0.05) is 13.0 Å². The van der Waals surface area contributed by atoms with E-state index in [1.807, 2.05) is 18.2 Å². The Morgan fingerprint density at radius 2 is 2.05 bits per heavy atom. The van der Waals surface area contributed by atoms with Crippen molar-refractivity contribution in [3.63, 3.8) is 0 Å². The molecule has 1 aromatic carbocycles. The Morgan fingerprint density at radius 3 is 2.75 bits per heavy atom. The van der Waals surface area contributed by atoms with Crippen LogP contribution < -0.4 is 10.1 Å². The van der Waals surface area contributed by atoms with Crippen LogP contribution in [0.25, 0.3) is 0 Å². The monoisotopic (exact) mass is 335 g/mol. The first-order valence-electron chi connectivity index (χ1n) is 6.61. The van der Waals surface area contributed by atoms with Gasteiger partial charge in [0.1, 0.15) is 5.75 Å². The molecule has 4 nitrogen and oxygen atoms in total. The van der Waals surface area contributed by atoms with Crippen molar-refractivity contribution in [2.75, 3.05) is 11.9 Å². The third-order valence-corrected chi connectivity index (χ3v) is 3.48. The first kappa shape index (κ1) is 14.8. The van der Waals surface area contributed by atoms with Gasteiger partial charge in [-0.2, -0.15) is 4.98 Å². The molecular weight excluding hydrogens is 318 g/mol. The topological polar surface area (TPSA) is 47.0 Å². The molecule has 5 heteroatoms. The maximum atomic E-state index is 5.83. The van der Waals surface area contributed by atoms with Gasteiger partial charge in [-0.3, -0.25) is 0 Å². The second-order valence-electron chi connectivity index (χ2n) is 4.62. The van der Waals surface area contributed by atoms with E-state index in [-0.39, 0.29) is 0 Å². The fourth-order valence-electron chi connectivity index (χ4n) is 1.63. The molecule has 0 aliphatic rings. The lowest BCUT2D eigenvalue weighted by Crippen LogP contribution is -2.05. The van der Waals surface area contributed by atoms with E-state index in [2.05, 4.69) is 52.0 Å². The normalized spacial score (nSPS) is 10.4. The van der Waals surface area contributed by atoms with Gasteiger partial charge in [0.2, 0.25) is 11.8 Å². The molecule has 20 heavy (non-hydrogen) atoms. The number of aryl methyl sites for hydroxylation is 2. The minimum atomic E-state index is 0.516. The standard InChI is InChI=1S/C15H18BrN3O/c1-4-7-17-15-18-9-13(16)14(19-15)20-12-6-5-10(2)11(3)8-12/h5-6,8-9H,4,7H2,1-3H3,(H,17,18,19). The first-order valence-corrected chi connectivity index (χ1v) is 7.41. The van der Waals surface area contributed by atoms with Gasteiger partial charge >= 0.3 is 0 Å². The summed E-state index contributed by atoms with van der Waals surface area (Å²) in [5.41, 5.74) is 2.43. The van der Waals surface area contributed by atoms with Crippen molar-refractivity contribution in [2.24, 2.45) is 0 Å². The summed E-state index contributed by atoms with van der Waals surface area (Å²) in [6.45, 7) is 7.07. The zero-order chi connectivity index (χ0) is 14.5. The summed E-state index contributed by atoms with van der Waals surface area (Å²) in [5.74, 6) is 1.87. The summed E-state index contributed by atoms with van der Waals surface area (Å²) in [6, 6.07) is 5.98. The molecule has 0 saturated heterocycles. The minimum absolute atomic E-state index is 0.516. The van der Waals surface area contributed by atoms with Crippen LogP contribution in [0.2, 0.25) is 0 Å². The van der Waals surface area contributed by atoms with Crippen molar-refractivity contribution < 1.29 is 4.74 Å². The van der Waals surface area contributed by atoms with Gasteiger partial charge in [0.15, 0.2) is 0 Å². The molecule has 1 N–H and O–H groups in total. The summed E-state index contributed by atoms with van der Waals surface area (Å²) >= 11 is 3.41. The Hall–Kier alpha value is -1.62. The third kappa shape index (κ3) is 3.70. The van der Waals surface area contributed by atoms with Crippen LogP contribution in [0.4, 0.5) is 5.95 Å². The summed E-state index contributed by atoms with van der Waals surface area (Å²) in [4.78, 5) is 8.57. The van der Waals surface area contributed by atoms with E-state index >= 15 is 0 Å². The quantitative estimate of drug-likeness (QED) is 0.875. The highest BCUT2D eigenvalue weighted by Gasteiger charge is 2.08. The number of ether oxygens (including phenoxy) is 1. The second kappa shape index (κ2) is 6.70. The van der Waals surface area contributed by atoms with Crippen LogP contribution in [0.1, 0.15) is 24.5 Å². The zero-order valence-corrected chi connectivity index (χ0v) is 13.5. The minimum Gasteiger partial charge on any atom is -0.438 e. The van der Waals surface area contributed by atoms with Crippen molar-refractivity contribution in [2.45, 2.75) is 27.2 Å². The summed E-state index contributed by atoms with van der Waals surface area (Å²) in [7, 11) is 0. The number of aromatic nitrogens is 2. The lowest BCUT2D eigenvalue weighted by atomic mass is 10.1. The van der Waals surface area contributed by atoms with E-state index in [9.17, 15) is 0 Å². The molecule has 0 saturated carbocycles. The number of anilines is 1. The number of benzene rings is 1. The van der Waals surface area contributed by atoms with E-state index in [4.69, 9.17) is 4.74 Å². The highest BCUT2D eigenvalue weighted by Crippen LogP contribution is 2.28. The fraction of sp³-hybridized carbons (Fsp3) is 0.333. The number of halogens is 1. The van der Waals surface area contributed by atoms with E-state index in [1.165, 1.54) is 11.1 Å². The van der Waals surface area contributed by atoms with Gasteiger partial charge in [0.25, 0.3) is 0 Å². The molecule has 2 aromatic rings. The Morgan fingerprint density at radius 1 is 1.25 bits per heavy atom. The highest BCUT2D eigenvalue weighted by atomic mass is 79.9. The zero-order valence-electron chi connectivity index (χ0n) is 11.9. The summed E-state index contributed by atoms with van der Waals surface area (Å²) in [5, 5.41) is 3.15. The molecular formula is C15H18BrN3O. The molecule has 2 rings (SSSR count).